The Bertz CT molecular complexity index is 842. The summed E-state index contributed by atoms with van der Waals surface area (Å²) in [6, 6.07) is 13.4. The van der Waals surface area contributed by atoms with Crippen LogP contribution in [0.15, 0.2) is 48.5 Å². The van der Waals surface area contributed by atoms with Gasteiger partial charge in [-0.05, 0) is 36.4 Å². The van der Waals surface area contributed by atoms with Gasteiger partial charge in [0.25, 0.3) is 11.8 Å². The molecule has 0 saturated heterocycles. The van der Waals surface area contributed by atoms with Crippen molar-refractivity contribution in [1.82, 2.24) is 5.32 Å². The molecule has 0 aliphatic carbocycles. The van der Waals surface area contributed by atoms with Crippen LogP contribution in [0.3, 0.4) is 0 Å². The van der Waals surface area contributed by atoms with Crippen molar-refractivity contribution < 1.29 is 22.8 Å². The molecule has 0 radical (unpaired) electrons. The van der Waals surface area contributed by atoms with Crippen LogP contribution in [-0.2, 0) is 0 Å². The molecule has 2 N–H and O–H groups in total. The number of carbonyl (C=O) groups excluding carboxylic acids is 2. The maximum atomic E-state index is 12.2. The summed E-state index contributed by atoms with van der Waals surface area (Å²) in [5.41, 5.74) is 0.777. The summed E-state index contributed by atoms with van der Waals surface area (Å²) in [5.74, 6) is -1.41. The van der Waals surface area contributed by atoms with Crippen LogP contribution in [0.4, 0.5) is 18.9 Å². The Kier molecular flexibility index (Phi) is 5.39. The van der Waals surface area contributed by atoms with Gasteiger partial charge in [0.1, 0.15) is 6.54 Å². The lowest BCUT2D eigenvalue weighted by molar-refractivity contribution is -0.123. The maximum absolute atomic E-state index is 12.2. The monoisotopic (exact) mass is 347 g/mol. The first-order valence-corrected chi connectivity index (χ1v) is 7.05. The number of carbonyl (C=O) groups is 2. The number of hydrogen-bond acceptors (Lipinski definition) is 3. The Morgan fingerprint density at radius 1 is 1.00 bits per heavy atom. The summed E-state index contributed by atoms with van der Waals surface area (Å²) in [4.78, 5) is 23.9. The molecule has 25 heavy (non-hydrogen) atoms. The average Bonchev–Trinajstić information content (AvgIpc) is 2.59. The fraction of sp³-hybridized carbons (Fsp3) is 0.118. The molecule has 2 aromatic carbocycles. The van der Waals surface area contributed by atoms with Crippen LogP contribution < -0.4 is 10.6 Å². The highest BCUT2D eigenvalue weighted by atomic mass is 19.4. The van der Waals surface area contributed by atoms with Gasteiger partial charge in [0.15, 0.2) is 0 Å². The first-order chi connectivity index (χ1) is 11.8. The molecule has 0 saturated carbocycles. The van der Waals surface area contributed by atoms with E-state index in [1.54, 1.807) is 17.4 Å². The van der Waals surface area contributed by atoms with Crippen molar-refractivity contribution in [3.8, 4) is 6.07 Å². The Morgan fingerprint density at radius 3 is 2.28 bits per heavy atom. The van der Waals surface area contributed by atoms with Gasteiger partial charge < -0.3 is 10.6 Å². The van der Waals surface area contributed by atoms with Crippen LogP contribution in [0.5, 0.6) is 0 Å². The van der Waals surface area contributed by atoms with Gasteiger partial charge in [0.05, 0.1) is 11.6 Å². The molecule has 5 nitrogen and oxygen atoms in total. The first kappa shape index (κ1) is 18.0. The molecule has 0 heterocycles. The van der Waals surface area contributed by atoms with Gasteiger partial charge in [-0.1, -0.05) is 12.1 Å². The number of nitriles is 1. The lowest BCUT2D eigenvalue weighted by atomic mass is 10.1. The molecule has 8 heteroatoms. The van der Waals surface area contributed by atoms with E-state index < -0.39 is 24.5 Å². The van der Waals surface area contributed by atoms with Crippen LogP contribution in [-0.4, -0.2) is 24.5 Å². The second-order valence-electron chi connectivity index (χ2n) is 5.03. The quantitative estimate of drug-likeness (QED) is 0.892. The van der Waals surface area contributed by atoms with Gasteiger partial charge in [-0.2, -0.15) is 18.4 Å². The number of hydrogen-bond donors (Lipinski definition) is 2. The van der Waals surface area contributed by atoms with Gasteiger partial charge in [0.2, 0.25) is 0 Å². The lowest BCUT2D eigenvalue weighted by Crippen LogP contribution is -2.33. The molecular weight excluding hydrogens is 335 g/mol. The van der Waals surface area contributed by atoms with Gasteiger partial charge in [-0.25, -0.2) is 0 Å². The minimum absolute atomic E-state index is 0.0205. The summed E-state index contributed by atoms with van der Waals surface area (Å²) in [7, 11) is 0. The van der Waals surface area contributed by atoms with Crippen molar-refractivity contribution >= 4 is 17.5 Å². The molecule has 0 aliphatic heterocycles. The van der Waals surface area contributed by atoms with Crippen LogP contribution in [0.25, 0.3) is 0 Å². The molecule has 0 aromatic heterocycles. The number of anilines is 1. The number of amides is 2. The van der Waals surface area contributed by atoms with Crippen LogP contribution >= 0.6 is 0 Å². The van der Waals surface area contributed by atoms with Gasteiger partial charge in [0, 0.05) is 16.8 Å². The zero-order valence-corrected chi connectivity index (χ0v) is 12.7. The van der Waals surface area contributed by atoms with E-state index in [1.165, 1.54) is 36.4 Å². The molecule has 0 aliphatic rings. The van der Waals surface area contributed by atoms with E-state index in [0.29, 0.717) is 5.56 Å². The zero-order chi connectivity index (χ0) is 18.4. The Hall–Kier alpha value is -3.34. The normalized spacial score (nSPS) is 10.6. The Morgan fingerprint density at radius 2 is 1.64 bits per heavy atom. The molecule has 2 amide bonds. The van der Waals surface area contributed by atoms with E-state index in [2.05, 4.69) is 5.32 Å². The third-order valence-corrected chi connectivity index (χ3v) is 3.09. The molecule has 0 spiro atoms. The predicted octanol–water partition coefficient (Wildman–Crippen LogP) is 3.10. The van der Waals surface area contributed by atoms with Crippen molar-refractivity contribution in [2.45, 2.75) is 6.18 Å². The van der Waals surface area contributed by atoms with Crippen molar-refractivity contribution in [2.75, 3.05) is 11.9 Å². The SMILES string of the molecule is N#Cc1cccc(C(=O)Nc2cccc(C(=O)NCC(F)(F)F)c2)c1. The molecule has 2 aromatic rings. The standard InChI is InChI=1S/C17H12F3N3O2/c18-17(19,20)10-22-15(24)13-5-2-6-14(8-13)23-16(25)12-4-1-3-11(7-12)9-21/h1-8H,10H2,(H,22,24)(H,23,25). The molecule has 128 valence electrons. The number of benzene rings is 2. The van der Waals surface area contributed by atoms with E-state index in [4.69, 9.17) is 5.26 Å². The molecule has 0 fully saturated rings. The van der Waals surface area contributed by atoms with E-state index in [-0.39, 0.29) is 16.8 Å². The summed E-state index contributed by atoms with van der Waals surface area (Å²) < 4.78 is 36.4. The highest BCUT2D eigenvalue weighted by Gasteiger charge is 2.27. The minimum Gasteiger partial charge on any atom is -0.343 e. The number of halogens is 3. The summed E-state index contributed by atoms with van der Waals surface area (Å²) in [6.45, 7) is -1.44. The van der Waals surface area contributed by atoms with E-state index in [0.717, 1.165) is 0 Å². The number of alkyl halides is 3. The predicted molar refractivity (Wildman–Crippen MR) is 83.9 cm³/mol. The first-order valence-electron chi connectivity index (χ1n) is 7.05. The number of rotatable bonds is 4. The maximum Gasteiger partial charge on any atom is 0.405 e. The zero-order valence-electron chi connectivity index (χ0n) is 12.7. The fourth-order valence-corrected chi connectivity index (χ4v) is 1.95. The van der Waals surface area contributed by atoms with E-state index in [1.807, 2.05) is 6.07 Å². The average molecular weight is 347 g/mol. The highest BCUT2D eigenvalue weighted by Crippen LogP contribution is 2.15. The van der Waals surface area contributed by atoms with Crippen LogP contribution in [0.1, 0.15) is 26.3 Å². The largest absolute Gasteiger partial charge is 0.405 e. The van der Waals surface area contributed by atoms with Gasteiger partial charge in [-0.15, -0.1) is 0 Å². The second-order valence-corrected chi connectivity index (χ2v) is 5.03. The summed E-state index contributed by atoms with van der Waals surface area (Å²) >= 11 is 0. The van der Waals surface area contributed by atoms with Crippen LogP contribution in [0, 0.1) is 11.3 Å². The van der Waals surface area contributed by atoms with Gasteiger partial charge in [-0.3, -0.25) is 9.59 Å². The molecule has 2 rings (SSSR count). The third-order valence-electron chi connectivity index (χ3n) is 3.09. The number of nitrogens with zero attached hydrogens (tertiary/aromatic N) is 1. The molecule has 0 bridgehead atoms. The minimum atomic E-state index is -4.51. The van der Waals surface area contributed by atoms with Crippen molar-refractivity contribution in [2.24, 2.45) is 0 Å². The topological polar surface area (TPSA) is 82.0 Å². The molecule has 0 atom stereocenters. The Balaban J connectivity index is 2.09. The number of nitrogens with one attached hydrogen (secondary N) is 2. The van der Waals surface area contributed by atoms with Crippen molar-refractivity contribution in [3.63, 3.8) is 0 Å². The second kappa shape index (κ2) is 7.49. The van der Waals surface area contributed by atoms with Crippen molar-refractivity contribution in [1.29, 1.82) is 5.26 Å². The van der Waals surface area contributed by atoms with Crippen LogP contribution in [0.2, 0.25) is 0 Å². The van der Waals surface area contributed by atoms with Crippen molar-refractivity contribution in [3.05, 3.63) is 65.2 Å². The van der Waals surface area contributed by atoms with Gasteiger partial charge >= 0.3 is 6.18 Å². The lowest BCUT2D eigenvalue weighted by Gasteiger charge is -2.10. The third kappa shape index (κ3) is 5.35. The van der Waals surface area contributed by atoms with E-state index >= 15 is 0 Å². The summed E-state index contributed by atoms with van der Waals surface area (Å²) in [6.07, 6.45) is -4.51. The highest BCUT2D eigenvalue weighted by molar-refractivity contribution is 6.05. The molecular formula is C17H12F3N3O2. The fourth-order valence-electron chi connectivity index (χ4n) is 1.95. The smallest absolute Gasteiger partial charge is 0.343 e. The Labute approximate surface area is 141 Å². The molecule has 0 unspecified atom stereocenters. The van der Waals surface area contributed by atoms with E-state index in [9.17, 15) is 22.8 Å². The summed E-state index contributed by atoms with van der Waals surface area (Å²) in [5, 5.41) is 13.1.